The molecule has 3 N–H and O–H groups in total. The number of benzene rings is 1. The van der Waals surface area contributed by atoms with Crippen molar-refractivity contribution in [1.82, 2.24) is 5.32 Å². The number of hydrogen-bond donors (Lipinski definition) is 3. The molecule has 6 heteroatoms. The molecule has 1 fully saturated rings. The molecule has 2 amide bonds. The van der Waals surface area contributed by atoms with E-state index in [2.05, 4.69) is 16.0 Å². The van der Waals surface area contributed by atoms with E-state index in [-0.39, 0.29) is 30.1 Å². The molecule has 104 valence electrons. The number of halogens is 1. The Morgan fingerprint density at radius 1 is 1.26 bits per heavy atom. The Bertz CT molecular complexity index is 459. The molecule has 1 aliphatic heterocycles. The fourth-order valence-electron chi connectivity index (χ4n) is 2.00. The number of carbonyl (C=O) groups excluding carboxylic acids is 2. The van der Waals surface area contributed by atoms with Crippen LogP contribution >= 0.6 is 12.4 Å². The van der Waals surface area contributed by atoms with Crippen LogP contribution in [0.3, 0.4) is 0 Å². The van der Waals surface area contributed by atoms with Crippen molar-refractivity contribution in [2.24, 2.45) is 5.92 Å². The van der Waals surface area contributed by atoms with Crippen LogP contribution in [0.5, 0.6) is 0 Å². The summed E-state index contributed by atoms with van der Waals surface area (Å²) in [6.45, 7) is 3.08. The Hall–Kier alpha value is -1.59. The minimum absolute atomic E-state index is 0. The molecule has 1 atom stereocenters. The van der Waals surface area contributed by atoms with Gasteiger partial charge in [-0.15, -0.1) is 12.4 Å². The lowest BCUT2D eigenvalue weighted by Crippen LogP contribution is -2.24. The predicted octanol–water partition coefficient (Wildman–Crippen LogP) is 1.61. The van der Waals surface area contributed by atoms with Crippen LogP contribution in [-0.2, 0) is 9.59 Å². The second-order valence-corrected chi connectivity index (χ2v) is 4.44. The molecule has 5 nitrogen and oxygen atoms in total. The summed E-state index contributed by atoms with van der Waals surface area (Å²) >= 11 is 0. The van der Waals surface area contributed by atoms with Crippen molar-refractivity contribution in [3.63, 3.8) is 0 Å². The Balaban J connectivity index is 0.00000180. The van der Waals surface area contributed by atoms with Gasteiger partial charge in [-0.3, -0.25) is 9.59 Å². The van der Waals surface area contributed by atoms with Gasteiger partial charge in [0.05, 0.1) is 5.92 Å². The van der Waals surface area contributed by atoms with Crippen LogP contribution in [0.15, 0.2) is 24.3 Å². The molecule has 1 unspecified atom stereocenters. The predicted molar refractivity (Wildman–Crippen MR) is 77.6 cm³/mol. The maximum atomic E-state index is 11.9. The Morgan fingerprint density at radius 2 is 1.95 bits per heavy atom. The lowest BCUT2D eigenvalue weighted by molar-refractivity contribution is -0.119. The van der Waals surface area contributed by atoms with E-state index in [4.69, 9.17) is 0 Å². The van der Waals surface area contributed by atoms with Crippen LogP contribution in [0.1, 0.15) is 13.3 Å². The summed E-state index contributed by atoms with van der Waals surface area (Å²) in [4.78, 5) is 22.9. The fourth-order valence-corrected chi connectivity index (χ4v) is 2.00. The zero-order chi connectivity index (χ0) is 13.0. The third-order valence-electron chi connectivity index (χ3n) is 2.88. The quantitative estimate of drug-likeness (QED) is 0.789. The number of amides is 2. The maximum absolute atomic E-state index is 11.9. The van der Waals surface area contributed by atoms with Gasteiger partial charge >= 0.3 is 0 Å². The number of hydrogen-bond acceptors (Lipinski definition) is 3. The van der Waals surface area contributed by atoms with Crippen LogP contribution in [-0.4, -0.2) is 24.9 Å². The van der Waals surface area contributed by atoms with E-state index in [9.17, 15) is 9.59 Å². The molecule has 1 aromatic rings. The van der Waals surface area contributed by atoms with Crippen LogP contribution in [0.25, 0.3) is 0 Å². The van der Waals surface area contributed by atoms with Gasteiger partial charge < -0.3 is 16.0 Å². The van der Waals surface area contributed by atoms with E-state index in [1.165, 1.54) is 6.92 Å². The van der Waals surface area contributed by atoms with E-state index >= 15 is 0 Å². The minimum Gasteiger partial charge on any atom is -0.326 e. The molecule has 1 aromatic carbocycles. The summed E-state index contributed by atoms with van der Waals surface area (Å²) in [6.07, 6.45) is 0.872. The highest BCUT2D eigenvalue weighted by Crippen LogP contribution is 2.17. The highest BCUT2D eigenvalue weighted by Gasteiger charge is 2.22. The molecule has 1 saturated heterocycles. The van der Waals surface area contributed by atoms with E-state index in [0.29, 0.717) is 11.4 Å². The normalized spacial score (nSPS) is 17.4. The highest BCUT2D eigenvalue weighted by molar-refractivity contribution is 5.94. The standard InChI is InChI=1S/C13H17N3O2.ClH/c1-9(17)15-11-3-2-4-12(7-11)16-13(18)10-5-6-14-8-10;/h2-4,7,10,14H,5-6,8H2,1H3,(H,15,17)(H,16,18);1H. The first-order valence-electron chi connectivity index (χ1n) is 6.04. The molecule has 1 aliphatic rings. The van der Waals surface area contributed by atoms with Crippen LogP contribution < -0.4 is 16.0 Å². The van der Waals surface area contributed by atoms with Gasteiger partial charge in [-0.05, 0) is 31.2 Å². The molecule has 0 spiro atoms. The molecule has 0 bridgehead atoms. The molecular formula is C13H18ClN3O2. The van der Waals surface area contributed by atoms with Crippen molar-refractivity contribution in [3.8, 4) is 0 Å². The summed E-state index contributed by atoms with van der Waals surface area (Å²) in [5.74, 6) is -0.0622. The Labute approximate surface area is 118 Å². The third-order valence-corrected chi connectivity index (χ3v) is 2.88. The molecular weight excluding hydrogens is 266 g/mol. The van der Waals surface area contributed by atoms with Crippen molar-refractivity contribution >= 4 is 35.6 Å². The summed E-state index contributed by atoms with van der Waals surface area (Å²) in [6, 6.07) is 7.15. The van der Waals surface area contributed by atoms with Crippen molar-refractivity contribution in [3.05, 3.63) is 24.3 Å². The SMILES string of the molecule is CC(=O)Nc1cccc(NC(=O)C2CCNC2)c1.Cl. The summed E-state index contributed by atoms with van der Waals surface area (Å²) in [5.41, 5.74) is 1.39. The van der Waals surface area contributed by atoms with Gasteiger partial charge in [-0.2, -0.15) is 0 Å². The number of nitrogens with one attached hydrogen (secondary N) is 3. The Kier molecular flexibility index (Phi) is 5.79. The Morgan fingerprint density at radius 3 is 2.53 bits per heavy atom. The van der Waals surface area contributed by atoms with E-state index < -0.39 is 0 Å². The molecule has 2 rings (SSSR count). The van der Waals surface area contributed by atoms with Crippen molar-refractivity contribution in [2.45, 2.75) is 13.3 Å². The second kappa shape index (κ2) is 7.11. The largest absolute Gasteiger partial charge is 0.326 e. The highest BCUT2D eigenvalue weighted by atomic mass is 35.5. The van der Waals surface area contributed by atoms with Gasteiger partial charge in [0.15, 0.2) is 0 Å². The average molecular weight is 284 g/mol. The summed E-state index contributed by atoms with van der Waals surface area (Å²) in [5, 5.41) is 8.71. The van der Waals surface area contributed by atoms with Gasteiger partial charge in [0.25, 0.3) is 0 Å². The number of anilines is 2. The average Bonchev–Trinajstić information content (AvgIpc) is 2.81. The summed E-state index contributed by atoms with van der Waals surface area (Å²) in [7, 11) is 0. The minimum atomic E-state index is -0.126. The number of carbonyl (C=O) groups is 2. The monoisotopic (exact) mass is 283 g/mol. The van der Waals surface area contributed by atoms with Crippen LogP contribution in [0.4, 0.5) is 11.4 Å². The van der Waals surface area contributed by atoms with E-state index in [1.807, 2.05) is 6.07 Å². The van der Waals surface area contributed by atoms with Crippen molar-refractivity contribution in [2.75, 3.05) is 23.7 Å². The lowest BCUT2D eigenvalue weighted by atomic mass is 10.1. The third kappa shape index (κ3) is 4.54. The number of rotatable bonds is 3. The maximum Gasteiger partial charge on any atom is 0.228 e. The molecule has 0 aliphatic carbocycles. The zero-order valence-corrected chi connectivity index (χ0v) is 11.5. The first-order chi connectivity index (χ1) is 8.65. The lowest BCUT2D eigenvalue weighted by Gasteiger charge is -2.11. The van der Waals surface area contributed by atoms with Crippen molar-refractivity contribution in [1.29, 1.82) is 0 Å². The molecule has 19 heavy (non-hydrogen) atoms. The molecule has 0 aromatic heterocycles. The smallest absolute Gasteiger partial charge is 0.228 e. The van der Waals surface area contributed by atoms with Gasteiger partial charge in [0.2, 0.25) is 11.8 Å². The van der Waals surface area contributed by atoms with E-state index in [0.717, 1.165) is 19.5 Å². The molecule has 0 radical (unpaired) electrons. The van der Waals surface area contributed by atoms with E-state index in [1.54, 1.807) is 18.2 Å². The van der Waals surface area contributed by atoms with Crippen molar-refractivity contribution < 1.29 is 9.59 Å². The first-order valence-corrected chi connectivity index (χ1v) is 6.04. The van der Waals surface area contributed by atoms with Gasteiger partial charge in [-0.1, -0.05) is 6.07 Å². The second-order valence-electron chi connectivity index (χ2n) is 4.44. The molecule has 0 saturated carbocycles. The zero-order valence-electron chi connectivity index (χ0n) is 10.7. The van der Waals surface area contributed by atoms with Gasteiger partial charge in [0, 0.05) is 24.8 Å². The first kappa shape index (κ1) is 15.5. The van der Waals surface area contributed by atoms with Gasteiger partial charge in [-0.25, -0.2) is 0 Å². The van der Waals surface area contributed by atoms with Crippen LogP contribution in [0.2, 0.25) is 0 Å². The molecule has 1 heterocycles. The fraction of sp³-hybridized carbons (Fsp3) is 0.385. The van der Waals surface area contributed by atoms with Crippen LogP contribution in [0, 0.1) is 5.92 Å². The topological polar surface area (TPSA) is 70.2 Å². The summed E-state index contributed by atoms with van der Waals surface area (Å²) < 4.78 is 0. The van der Waals surface area contributed by atoms with Gasteiger partial charge in [0.1, 0.15) is 0 Å².